The molecule has 0 spiro atoms. The van der Waals surface area contributed by atoms with Crippen molar-refractivity contribution in [2.24, 2.45) is 5.41 Å². The van der Waals surface area contributed by atoms with Crippen LogP contribution in [0.1, 0.15) is 68.9 Å². The van der Waals surface area contributed by atoms with Crippen molar-refractivity contribution in [1.29, 1.82) is 0 Å². The first-order valence-electron chi connectivity index (χ1n) is 13.8. The summed E-state index contributed by atoms with van der Waals surface area (Å²) in [5.74, 6) is 0.336. The van der Waals surface area contributed by atoms with Crippen molar-refractivity contribution in [3.63, 3.8) is 0 Å². The van der Waals surface area contributed by atoms with Crippen LogP contribution < -0.4 is 9.46 Å². The molecular weight excluding hydrogens is 555 g/mol. The molecule has 0 bridgehead atoms. The molecule has 7 nitrogen and oxygen atoms in total. The molecule has 41 heavy (non-hydrogen) atoms. The van der Waals surface area contributed by atoms with E-state index < -0.39 is 17.0 Å². The molecule has 0 aliphatic carbocycles. The lowest BCUT2D eigenvalue weighted by Gasteiger charge is -2.28. The molecule has 0 fully saturated rings. The first-order valence-corrected chi connectivity index (χ1v) is 16.0. The number of unbranched alkanes of at least 4 members (excludes halogenated alkanes) is 1. The van der Waals surface area contributed by atoms with Gasteiger partial charge in [0, 0.05) is 11.1 Å². The smallest absolute Gasteiger partial charge is 0.337 e. The molecular formula is C32H41N2O5PS. The molecule has 9 heteroatoms. The molecule has 1 aromatic heterocycles. The van der Waals surface area contributed by atoms with Gasteiger partial charge in [0.25, 0.3) is 0 Å². The van der Waals surface area contributed by atoms with Crippen molar-refractivity contribution in [3.05, 3.63) is 83.6 Å². The van der Waals surface area contributed by atoms with Crippen LogP contribution in [-0.2, 0) is 22.6 Å². The van der Waals surface area contributed by atoms with Crippen LogP contribution in [-0.4, -0.2) is 40.0 Å². The van der Waals surface area contributed by atoms with Crippen LogP contribution in [0.4, 0.5) is 5.82 Å². The fourth-order valence-electron chi connectivity index (χ4n) is 3.73. The fourth-order valence-corrected chi connectivity index (χ4v) is 5.79. The highest BCUT2D eigenvalue weighted by Gasteiger charge is 2.31. The molecule has 0 radical (unpaired) electrons. The minimum Gasteiger partial charge on any atom is -0.489 e. The van der Waals surface area contributed by atoms with E-state index in [9.17, 15) is 9.59 Å². The summed E-state index contributed by atoms with van der Waals surface area (Å²) in [5.41, 5.74) is 1.65. The highest BCUT2D eigenvalue weighted by molar-refractivity contribution is 8.00. The zero-order chi connectivity index (χ0) is 29.9. The standard InChI is InChI=1S/C32H41N2O5PS/c1-31(2,3)39-30(37)32(4,5)22-40-19-7-6-8-23-9-14-26(15-10-23)38-21-24-11-16-27(17-12-24)41-34-28-18-13-25(20-33-28)29(35)36/h9-18,20,40H,6-8,19,21-22H2,1-5H3,(H,33,34)(H,35,36). The van der Waals surface area contributed by atoms with Crippen LogP contribution in [0.5, 0.6) is 5.75 Å². The lowest BCUT2D eigenvalue weighted by Crippen LogP contribution is -2.35. The van der Waals surface area contributed by atoms with E-state index in [-0.39, 0.29) is 11.5 Å². The van der Waals surface area contributed by atoms with E-state index in [1.165, 1.54) is 29.8 Å². The van der Waals surface area contributed by atoms with Gasteiger partial charge < -0.3 is 19.3 Å². The van der Waals surface area contributed by atoms with Gasteiger partial charge in [0.05, 0.1) is 11.0 Å². The van der Waals surface area contributed by atoms with Gasteiger partial charge in [-0.15, -0.1) is 8.58 Å². The number of nitrogens with zero attached hydrogens (tertiary/aromatic N) is 1. The summed E-state index contributed by atoms with van der Waals surface area (Å²) in [7, 11) is 0.759. The fraction of sp³-hybridized carbons (Fsp3) is 0.406. The summed E-state index contributed by atoms with van der Waals surface area (Å²) in [4.78, 5) is 28.4. The third kappa shape index (κ3) is 11.7. The topological polar surface area (TPSA) is 97.8 Å². The number of benzene rings is 2. The van der Waals surface area contributed by atoms with Crippen molar-refractivity contribution in [3.8, 4) is 5.75 Å². The molecule has 0 aliphatic heterocycles. The van der Waals surface area contributed by atoms with Gasteiger partial charge in [0.1, 0.15) is 23.8 Å². The van der Waals surface area contributed by atoms with Gasteiger partial charge in [0.2, 0.25) is 0 Å². The Labute approximate surface area is 249 Å². The van der Waals surface area contributed by atoms with Gasteiger partial charge in [-0.1, -0.05) is 24.3 Å². The number of pyridine rings is 1. The summed E-state index contributed by atoms with van der Waals surface area (Å²) in [6.45, 7) is 10.2. The van der Waals surface area contributed by atoms with Gasteiger partial charge >= 0.3 is 11.9 Å². The molecule has 1 atom stereocenters. The highest BCUT2D eigenvalue weighted by atomic mass is 32.2. The number of aromatic carboxylic acids is 1. The van der Waals surface area contributed by atoms with Crippen LogP contribution >= 0.6 is 20.5 Å². The number of carboxylic acids is 1. The monoisotopic (exact) mass is 596 g/mol. The van der Waals surface area contributed by atoms with Gasteiger partial charge in [-0.25, -0.2) is 9.78 Å². The maximum Gasteiger partial charge on any atom is 0.337 e. The number of ether oxygens (including phenoxy) is 2. The third-order valence-corrected chi connectivity index (χ3v) is 8.78. The molecule has 0 saturated heterocycles. The van der Waals surface area contributed by atoms with Crippen LogP contribution in [0, 0.1) is 5.41 Å². The summed E-state index contributed by atoms with van der Waals surface area (Å²) in [6.07, 6.45) is 6.65. The van der Waals surface area contributed by atoms with E-state index in [2.05, 4.69) is 21.8 Å². The largest absolute Gasteiger partial charge is 0.489 e. The second-order valence-electron chi connectivity index (χ2n) is 11.5. The molecule has 1 unspecified atom stereocenters. The number of rotatable bonds is 15. The van der Waals surface area contributed by atoms with E-state index in [0.717, 1.165) is 56.4 Å². The number of hydrogen-bond donors (Lipinski definition) is 2. The maximum atomic E-state index is 12.4. The number of nitrogens with one attached hydrogen (secondary N) is 1. The van der Waals surface area contributed by atoms with Crippen molar-refractivity contribution < 1.29 is 24.2 Å². The maximum absolute atomic E-state index is 12.4. The van der Waals surface area contributed by atoms with E-state index in [4.69, 9.17) is 14.6 Å². The Bertz CT molecular complexity index is 1260. The van der Waals surface area contributed by atoms with Gasteiger partial charge in [-0.3, -0.25) is 4.79 Å². The SMILES string of the molecule is CC(C)(C)OC(=O)C(C)(C)CPCCCCc1ccc(OCc2ccc(SNc3ccc(C(=O)O)cn3)cc2)cc1. The third-order valence-electron chi connectivity index (χ3n) is 6.12. The average molecular weight is 597 g/mol. The lowest BCUT2D eigenvalue weighted by molar-refractivity contribution is -0.164. The van der Waals surface area contributed by atoms with E-state index in [0.29, 0.717) is 12.4 Å². The summed E-state index contributed by atoms with van der Waals surface area (Å²) >= 11 is 1.41. The predicted molar refractivity (Wildman–Crippen MR) is 169 cm³/mol. The summed E-state index contributed by atoms with van der Waals surface area (Å²) in [5, 5.41) is 8.96. The molecule has 2 N–H and O–H groups in total. The second-order valence-corrected chi connectivity index (χ2v) is 13.8. The average Bonchev–Trinajstić information content (AvgIpc) is 2.93. The van der Waals surface area contributed by atoms with Gasteiger partial charge in [-0.2, -0.15) is 0 Å². The normalized spacial score (nSPS) is 11.9. The van der Waals surface area contributed by atoms with Crippen LogP contribution in [0.25, 0.3) is 0 Å². The molecule has 0 amide bonds. The van der Waals surface area contributed by atoms with Crippen molar-refractivity contribution in [2.45, 2.75) is 71.0 Å². The number of carboxylic acid groups (broad SMARTS) is 1. The number of anilines is 1. The van der Waals surface area contributed by atoms with Crippen LogP contribution in [0.15, 0.2) is 71.8 Å². The predicted octanol–water partition coefficient (Wildman–Crippen LogP) is 7.85. The summed E-state index contributed by atoms with van der Waals surface area (Å²) in [6, 6.07) is 19.5. The molecule has 3 rings (SSSR count). The lowest BCUT2D eigenvalue weighted by atomic mass is 9.96. The van der Waals surface area contributed by atoms with E-state index in [1.54, 1.807) is 6.07 Å². The first-order chi connectivity index (χ1) is 19.4. The zero-order valence-corrected chi connectivity index (χ0v) is 26.3. The molecule has 1 heterocycles. The Balaban J connectivity index is 1.32. The Morgan fingerprint density at radius 3 is 2.22 bits per heavy atom. The number of esters is 1. The zero-order valence-electron chi connectivity index (χ0n) is 24.5. The molecule has 220 valence electrons. The minimum atomic E-state index is -0.994. The van der Waals surface area contributed by atoms with Crippen LogP contribution in [0.3, 0.4) is 0 Å². The molecule has 0 aliphatic rings. The molecule has 3 aromatic rings. The van der Waals surface area contributed by atoms with Crippen molar-refractivity contribution in [1.82, 2.24) is 4.98 Å². The Kier molecular flexibility index (Phi) is 12.0. The Morgan fingerprint density at radius 2 is 1.61 bits per heavy atom. The minimum absolute atomic E-state index is 0.107. The quantitative estimate of drug-likeness (QED) is 0.0792. The van der Waals surface area contributed by atoms with Crippen molar-refractivity contribution >= 4 is 38.3 Å². The summed E-state index contributed by atoms with van der Waals surface area (Å²) < 4.78 is 14.6. The highest BCUT2D eigenvalue weighted by Crippen LogP contribution is 2.30. The molecule has 0 saturated carbocycles. The van der Waals surface area contributed by atoms with E-state index in [1.807, 2.05) is 71.0 Å². The van der Waals surface area contributed by atoms with Crippen molar-refractivity contribution in [2.75, 3.05) is 17.0 Å². The molecule has 2 aromatic carbocycles. The number of aryl methyl sites for hydroxylation is 1. The number of aromatic nitrogens is 1. The second kappa shape index (κ2) is 15.2. The Hall–Kier alpha value is -3.09. The first kappa shape index (κ1) is 32.4. The van der Waals surface area contributed by atoms with Crippen LogP contribution in [0.2, 0.25) is 0 Å². The number of hydrogen-bond acceptors (Lipinski definition) is 7. The number of carbonyl (C=O) groups excluding carboxylic acids is 1. The van der Waals surface area contributed by atoms with E-state index >= 15 is 0 Å². The number of carbonyl (C=O) groups is 2. The van der Waals surface area contributed by atoms with Gasteiger partial charge in [-0.05, 0) is 126 Å². The Morgan fingerprint density at radius 1 is 0.927 bits per heavy atom. The van der Waals surface area contributed by atoms with Gasteiger partial charge in [0.15, 0.2) is 0 Å².